The van der Waals surface area contributed by atoms with E-state index in [2.05, 4.69) is 15.0 Å². The van der Waals surface area contributed by atoms with Crippen LogP contribution in [0, 0.1) is 5.82 Å². The molecule has 3 N–H and O–H groups in total. The lowest BCUT2D eigenvalue weighted by molar-refractivity contribution is 0.0930. The fourth-order valence-corrected chi connectivity index (χ4v) is 5.31. The van der Waals surface area contributed by atoms with Crippen LogP contribution in [0.2, 0.25) is 10.0 Å². The zero-order chi connectivity index (χ0) is 25.7. The number of amides is 1. The van der Waals surface area contributed by atoms with E-state index >= 15 is 4.39 Å². The second-order valence-corrected chi connectivity index (χ2v) is 10.3. The summed E-state index contributed by atoms with van der Waals surface area (Å²) in [5.41, 5.74) is 1.13. The third kappa shape index (κ3) is 5.82. The van der Waals surface area contributed by atoms with Crippen LogP contribution in [-0.4, -0.2) is 32.5 Å². The Morgan fingerprint density at radius 3 is 2.56 bits per heavy atom. The molecule has 0 radical (unpaired) electrons. The lowest BCUT2D eigenvalue weighted by Crippen LogP contribution is -2.27. The zero-order valence-corrected chi connectivity index (χ0v) is 21.2. The number of halogens is 3. The fraction of sp³-hybridized carbons (Fsp3) is 0.160. The first-order chi connectivity index (χ1) is 17.3. The highest BCUT2D eigenvalue weighted by Gasteiger charge is 2.25. The van der Waals surface area contributed by atoms with Gasteiger partial charge in [-0.15, -0.1) is 0 Å². The molecule has 1 aromatic heterocycles. The molecule has 0 saturated heterocycles. The summed E-state index contributed by atoms with van der Waals surface area (Å²) in [6, 6.07) is 16.2. The highest BCUT2D eigenvalue weighted by molar-refractivity contribution is 7.92. The molecule has 0 fully saturated rings. The van der Waals surface area contributed by atoms with Gasteiger partial charge in [0.15, 0.2) is 5.82 Å². The number of carbonyl (C=O) groups is 1. The van der Waals surface area contributed by atoms with Gasteiger partial charge in [-0.25, -0.2) is 12.8 Å². The summed E-state index contributed by atoms with van der Waals surface area (Å²) in [4.78, 5) is 14.7. The first-order valence-electron chi connectivity index (χ1n) is 10.9. The van der Waals surface area contributed by atoms with Crippen LogP contribution in [0.15, 0.2) is 71.8 Å². The Balaban J connectivity index is 1.40. The standard InChI is InChI=1S/C25H22Cl2FN3O4S/c26-18-10-11-20(24-22(18)19(27)14-30-24)31-36(33,34)21-9-4-8-17(23(21)28)25(32)29-12-5-13-35-15-16-6-2-1-3-7-16/h1-4,6-11,14,30-31H,5,12-13,15H2,(H,29,32). The number of sulfonamides is 1. The number of nitrogens with one attached hydrogen (secondary N) is 3. The van der Waals surface area contributed by atoms with Crippen molar-refractivity contribution in [2.24, 2.45) is 0 Å². The van der Waals surface area contributed by atoms with Gasteiger partial charge in [0, 0.05) is 24.7 Å². The topological polar surface area (TPSA) is 100 Å². The van der Waals surface area contributed by atoms with Gasteiger partial charge in [0.1, 0.15) is 4.90 Å². The van der Waals surface area contributed by atoms with E-state index in [1.54, 1.807) is 0 Å². The van der Waals surface area contributed by atoms with Gasteiger partial charge in [0.2, 0.25) is 0 Å². The molecule has 0 bridgehead atoms. The molecule has 0 aliphatic heterocycles. The summed E-state index contributed by atoms with van der Waals surface area (Å²) in [7, 11) is -4.39. The fourth-order valence-electron chi connectivity index (χ4n) is 3.58. The van der Waals surface area contributed by atoms with Gasteiger partial charge < -0.3 is 15.0 Å². The Labute approximate surface area is 217 Å². The Kier molecular flexibility index (Phi) is 8.15. The smallest absolute Gasteiger partial charge is 0.264 e. The molecule has 11 heteroatoms. The van der Waals surface area contributed by atoms with Gasteiger partial charge >= 0.3 is 0 Å². The number of carbonyl (C=O) groups excluding carboxylic acids is 1. The van der Waals surface area contributed by atoms with Crippen molar-refractivity contribution in [3.05, 3.63) is 93.8 Å². The van der Waals surface area contributed by atoms with E-state index in [1.807, 2.05) is 30.3 Å². The number of ether oxygens (including phenoxy) is 1. The number of aromatic nitrogens is 1. The molecular weight excluding hydrogens is 528 g/mol. The molecule has 36 heavy (non-hydrogen) atoms. The minimum atomic E-state index is -4.39. The van der Waals surface area contributed by atoms with Gasteiger partial charge in [-0.1, -0.05) is 59.6 Å². The lowest BCUT2D eigenvalue weighted by Gasteiger charge is -2.12. The van der Waals surface area contributed by atoms with Crippen LogP contribution < -0.4 is 10.0 Å². The molecule has 1 amide bonds. The third-order valence-electron chi connectivity index (χ3n) is 5.34. The van der Waals surface area contributed by atoms with Crippen LogP contribution in [0.25, 0.3) is 10.9 Å². The van der Waals surface area contributed by atoms with Crippen molar-refractivity contribution < 1.29 is 22.3 Å². The molecule has 0 aliphatic rings. The largest absolute Gasteiger partial charge is 0.377 e. The average molecular weight is 550 g/mol. The predicted molar refractivity (Wildman–Crippen MR) is 139 cm³/mol. The van der Waals surface area contributed by atoms with Gasteiger partial charge in [0.05, 0.1) is 33.4 Å². The van der Waals surface area contributed by atoms with Gasteiger partial charge in [-0.2, -0.15) is 0 Å². The normalized spacial score (nSPS) is 11.5. The summed E-state index contributed by atoms with van der Waals surface area (Å²) in [6.45, 7) is 1.08. The highest BCUT2D eigenvalue weighted by atomic mass is 35.5. The molecular formula is C25H22Cl2FN3O4S. The van der Waals surface area contributed by atoms with Crippen LogP contribution in [0.5, 0.6) is 0 Å². The maximum Gasteiger partial charge on any atom is 0.264 e. The summed E-state index contributed by atoms with van der Waals surface area (Å²) in [5.74, 6) is -1.88. The zero-order valence-electron chi connectivity index (χ0n) is 18.9. The van der Waals surface area contributed by atoms with Crippen molar-refractivity contribution in [2.75, 3.05) is 17.9 Å². The van der Waals surface area contributed by atoms with Gasteiger partial charge in [-0.3, -0.25) is 9.52 Å². The summed E-state index contributed by atoms with van der Waals surface area (Å²) in [6.07, 6.45) is 1.97. The SMILES string of the molecule is O=C(NCCCOCc1ccccc1)c1cccc(S(=O)(=O)Nc2ccc(Cl)c3c(Cl)c[nH]c23)c1F. The molecule has 4 aromatic rings. The number of hydrogen-bond donors (Lipinski definition) is 3. The maximum atomic E-state index is 15.2. The number of fused-ring (bicyclic) bond motifs is 1. The molecule has 0 spiro atoms. The average Bonchev–Trinajstić information content (AvgIpc) is 3.26. The molecule has 3 aromatic carbocycles. The first kappa shape index (κ1) is 26.0. The summed E-state index contributed by atoms with van der Waals surface area (Å²) < 4.78 is 49.1. The molecule has 188 valence electrons. The van der Waals surface area contributed by atoms with E-state index in [4.69, 9.17) is 27.9 Å². The molecule has 1 heterocycles. The van der Waals surface area contributed by atoms with E-state index in [-0.39, 0.29) is 17.8 Å². The van der Waals surface area contributed by atoms with E-state index in [9.17, 15) is 13.2 Å². The van der Waals surface area contributed by atoms with Crippen LogP contribution in [0.3, 0.4) is 0 Å². The van der Waals surface area contributed by atoms with Gasteiger partial charge in [-0.05, 0) is 36.2 Å². The summed E-state index contributed by atoms with van der Waals surface area (Å²) >= 11 is 12.3. The van der Waals surface area contributed by atoms with Crippen molar-refractivity contribution in [1.82, 2.24) is 10.3 Å². The highest BCUT2D eigenvalue weighted by Crippen LogP contribution is 2.35. The van der Waals surface area contributed by atoms with Crippen LogP contribution in [0.4, 0.5) is 10.1 Å². The van der Waals surface area contributed by atoms with Crippen LogP contribution in [-0.2, 0) is 21.4 Å². The molecule has 0 atom stereocenters. The van der Waals surface area contributed by atoms with Crippen molar-refractivity contribution >= 4 is 55.7 Å². The minimum Gasteiger partial charge on any atom is -0.377 e. The van der Waals surface area contributed by atoms with Crippen LogP contribution in [0.1, 0.15) is 22.3 Å². The second kappa shape index (κ2) is 11.3. The summed E-state index contributed by atoms with van der Waals surface area (Å²) in [5, 5.41) is 3.66. The molecule has 4 rings (SSSR count). The van der Waals surface area contributed by atoms with E-state index < -0.39 is 26.6 Å². The Hall–Kier alpha value is -3.11. The molecule has 0 aliphatic carbocycles. The van der Waals surface area contributed by atoms with Crippen molar-refractivity contribution in [1.29, 1.82) is 0 Å². The number of anilines is 1. The monoisotopic (exact) mass is 549 g/mol. The van der Waals surface area contributed by atoms with Crippen molar-refractivity contribution in [3.8, 4) is 0 Å². The number of hydrogen-bond acceptors (Lipinski definition) is 4. The van der Waals surface area contributed by atoms with E-state index in [0.717, 1.165) is 11.6 Å². The van der Waals surface area contributed by atoms with Crippen molar-refractivity contribution in [2.45, 2.75) is 17.9 Å². The predicted octanol–water partition coefficient (Wildman–Crippen LogP) is 5.75. The van der Waals surface area contributed by atoms with E-state index in [0.29, 0.717) is 40.6 Å². The number of rotatable bonds is 10. The minimum absolute atomic E-state index is 0.131. The second-order valence-electron chi connectivity index (χ2n) is 7.85. The quantitative estimate of drug-likeness (QED) is 0.219. The molecule has 0 saturated carbocycles. The Morgan fingerprint density at radius 2 is 1.78 bits per heavy atom. The number of H-pyrrole nitrogens is 1. The van der Waals surface area contributed by atoms with Crippen LogP contribution >= 0.6 is 23.2 Å². The Morgan fingerprint density at radius 1 is 1.00 bits per heavy atom. The number of aromatic amines is 1. The maximum absolute atomic E-state index is 15.2. The molecule has 0 unspecified atom stereocenters. The van der Waals surface area contributed by atoms with Crippen molar-refractivity contribution in [3.63, 3.8) is 0 Å². The van der Waals surface area contributed by atoms with E-state index in [1.165, 1.54) is 30.5 Å². The lowest BCUT2D eigenvalue weighted by atomic mass is 10.2. The van der Waals surface area contributed by atoms with Gasteiger partial charge in [0.25, 0.3) is 15.9 Å². The third-order valence-corrected chi connectivity index (χ3v) is 7.34. The molecule has 7 nitrogen and oxygen atoms in total. The Bertz CT molecular complexity index is 1490. The first-order valence-corrected chi connectivity index (χ1v) is 13.2. The number of benzene rings is 3.